The standard InChI is InChI=1S/C31H30F2IN5O6/c32-23-9-8-22(25(33)13-23)15-37-27(17-45-19-40)29-38(26(30(37)43)12-20-6-10-24(41)11-7-20)28(42)16-36(18-34)39(29)31(44)35-14-21-4-2-1-3-5-21/h1-11,13,19,26-27,29,41H,12,14-18H2,(H,35,44)/t26-,27-,29-/m0/s1. The van der Waals surface area contributed by atoms with Gasteiger partial charge in [0.1, 0.15) is 42.2 Å². The molecule has 0 bridgehead atoms. The molecule has 0 aliphatic carbocycles. The van der Waals surface area contributed by atoms with Crippen LogP contribution in [0.15, 0.2) is 72.8 Å². The molecule has 3 aromatic carbocycles. The second kappa shape index (κ2) is 14.2. The number of benzene rings is 3. The van der Waals surface area contributed by atoms with Crippen molar-refractivity contribution in [3.8, 4) is 5.75 Å². The fourth-order valence-electron chi connectivity index (χ4n) is 5.67. The van der Waals surface area contributed by atoms with Gasteiger partial charge in [-0.3, -0.25) is 14.4 Å². The summed E-state index contributed by atoms with van der Waals surface area (Å²) < 4.78 is 34.1. The highest BCUT2D eigenvalue weighted by Gasteiger charge is 2.56. The van der Waals surface area contributed by atoms with Gasteiger partial charge in [-0.05, 0) is 29.3 Å². The zero-order chi connectivity index (χ0) is 32.1. The van der Waals surface area contributed by atoms with Gasteiger partial charge < -0.3 is 25.0 Å². The number of phenols is 1. The van der Waals surface area contributed by atoms with Gasteiger partial charge in [0.2, 0.25) is 11.8 Å². The first-order valence-electron chi connectivity index (χ1n) is 14.0. The van der Waals surface area contributed by atoms with Crippen molar-refractivity contribution in [1.29, 1.82) is 0 Å². The monoisotopic (exact) mass is 733 g/mol. The normalized spacial score (nSPS) is 20.2. The number of carbonyl (C=O) groups is 4. The van der Waals surface area contributed by atoms with E-state index in [1.165, 1.54) is 38.0 Å². The van der Waals surface area contributed by atoms with Crippen LogP contribution in [0.4, 0.5) is 13.6 Å². The number of nitrogens with one attached hydrogen (secondary N) is 1. The first kappa shape index (κ1) is 32.1. The average molecular weight is 734 g/mol. The number of fused-ring (bicyclic) bond motifs is 1. The van der Waals surface area contributed by atoms with Crippen LogP contribution < -0.4 is 5.32 Å². The number of hydrazine groups is 1. The van der Waals surface area contributed by atoms with Gasteiger partial charge in [-0.15, -0.1) is 0 Å². The summed E-state index contributed by atoms with van der Waals surface area (Å²) in [6, 6.07) is 15.5. The molecule has 2 heterocycles. The van der Waals surface area contributed by atoms with Gasteiger partial charge in [-0.2, -0.15) is 5.01 Å². The number of amides is 4. The van der Waals surface area contributed by atoms with Gasteiger partial charge in [0.15, 0.2) is 0 Å². The summed E-state index contributed by atoms with van der Waals surface area (Å²) in [6.45, 7) is -0.635. The highest BCUT2D eigenvalue weighted by Crippen LogP contribution is 2.34. The molecule has 14 heteroatoms. The van der Waals surface area contributed by atoms with Crippen LogP contribution in [0, 0.1) is 11.6 Å². The van der Waals surface area contributed by atoms with Crippen molar-refractivity contribution < 1.29 is 37.8 Å². The van der Waals surface area contributed by atoms with Crippen LogP contribution in [0.3, 0.4) is 0 Å². The fraction of sp³-hybridized carbons (Fsp3) is 0.290. The maximum atomic E-state index is 14.9. The van der Waals surface area contributed by atoms with Gasteiger partial charge >= 0.3 is 6.03 Å². The number of carbonyl (C=O) groups excluding carboxylic acids is 4. The summed E-state index contributed by atoms with van der Waals surface area (Å²) >= 11 is 2.02. The largest absolute Gasteiger partial charge is 0.508 e. The molecule has 236 valence electrons. The zero-order valence-electron chi connectivity index (χ0n) is 23.9. The van der Waals surface area contributed by atoms with E-state index in [2.05, 4.69) is 5.32 Å². The van der Waals surface area contributed by atoms with Gasteiger partial charge in [0.05, 0.1) is 11.1 Å². The predicted molar refractivity (Wildman–Crippen MR) is 165 cm³/mol. The first-order chi connectivity index (χ1) is 21.7. The van der Waals surface area contributed by atoms with Crippen LogP contribution in [0.25, 0.3) is 0 Å². The summed E-state index contributed by atoms with van der Waals surface area (Å²) in [5, 5.41) is 15.6. The van der Waals surface area contributed by atoms with Crippen LogP contribution in [0.2, 0.25) is 0 Å². The fourth-order valence-corrected chi connectivity index (χ4v) is 6.24. The molecule has 0 unspecified atom stereocenters. The van der Waals surface area contributed by atoms with Gasteiger partial charge in [-0.1, -0.05) is 71.1 Å². The molecule has 0 spiro atoms. The summed E-state index contributed by atoms with van der Waals surface area (Å²) in [5.41, 5.74) is 1.44. The molecule has 2 N–H and O–H groups in total. The van der Waals surface area contributed by atoms with Crippen molar-refractivity contribution in [2.24, 2.45) is 0 Å². The minimum absolute atomic E-state index is 0.00865. The Morgan fingerprint density at radius 1 is 1.04 bits per heavy atom. The first-order valence-corrected chi connectivity index (χ1v) is 15.5. The number of hydrogen-bond acceptors (Lipinski definition) is 7. The topological polar surface area (TPSA) is 123 Å². The van der Waals surface area contributed by atoms with Gasteiger partial charge in [-0.25, -0.2) is 18.6 Å². The zero-order valence-corrected chi connectivity index (χ0v) is 26.0. The number of halogens is 3. The average Bonchev–Trinajstić information content (AvgIpc) is 3.03. The lowest BCUT2D eigenvalue weighted by molar-refractivity contribution is -0.202. The van der Waals surface area contributed by atoms with Crippen molar-refractivity contribution in [3.63, 3.8) is 0 Å². The number of nitrogens with zero attached hydrogens (tertiary/aromatic N) is 4. The molecule has 4 amide bonds. The third-order valence-electron chi connectivity index (χ3n) is 7.78. The molecule has 11 nitrogen and oxygen atoms in total. The van der Waals surface area contributed by atoms with E-state index < -0.39 is 54.3 Å². The molecule has 2 aliphatic rings. The molecule has 5 rings (SSSR count). The molecular weight excluding hydrogens is 703 g/mol. The summed E-state index contributed by atoms with van der Waals surface area (Å²) in [6.07, 6.45) is -1.16. The predicted octanol–water partition coefficient (Wildman–Crippen LogP) is 3.16. The van der Waals surface area contributed by atoms with E-state index in [0.29, 0.717) is 11.6 Å². The SMILES string of the molecule is O=COC[C@H]1[C@H]2N(C(=O)CN(CI)N2C(=O)NCc2ccccc2)[C@@H](Cc2ccc(O)cc2)C(=O)N1Cc1ccc(F)cc1F. The Bertz CT molecular complexity index is 1550. The van der Waals surface area contributed by atoms with E-state index in [1.807, 2.05) is 52.9 Å². The molecule has 2 saturated heterocycles. The van der Waals surface area contributed by atoms with Crippen LogP contribution in [-0.4, -0.2) is 85.2 Å². The number of hydrogen-bond donors (Lipinski definition) is 2. The van der Waals surface area contributed by atoms with Crippen molar-refractivity contribution in [1.82, 2.24) is 25.1 Å². The van der Waals surface area contributed by atoms with Crippen LogP contribution in [0.5, 0.6) is 5.75 Å². The minimum atomic E-state index is -1.17. The third-order valence-corrected chi connectivity index (χ3v) is 8.57. The van der Waals surface area contributed by atoms with E-state index in [9.17, 15) is 33.1 Å². The van der Waals surface area contributed by atoms with Crippen molar-refractivity contribution in [3.05, 3.63) is 101 Å². The lowest BCUT2D eigenvalue weighted by atomic mass is 9.94. The second-order valence-electron chi connectivity index (χ2n) is 10.6. The summed E-state index contributed by atoms with van der Waals surface area (Å²) in [7, 11) is 0. The Morgan fingerprint density at radius 3 is 2.44 bits per heavy atom. The number of aromatic hydroxyl groups is 1. The Kier molecular flexibility index (Phi) is 10.1. The molecule has 3 aromatic rings. The van der Waals surface area contributed by atoms with Crippen LogP contribution in [-0.2, 0) is 38.6 Å². The second-order valence-corrected chi connectivity index (χ2v) is 11.3. The number of urea groups is 1. The molecule has 0 aromatic heterocycles. The van der Waals surface area contributed by atoms with E-state index in [1.54, 1.807) is 12.1 Å². The van der Waals surface area contributed by atoms with Crippen molar-refractivity contribution in [2.75, 3.05) is 17.7 Å². The highest BCUT2D eigenvalue weighted by molar-refractivity contribution is 14.1. The van der Waals surface area contributed by atoms with E-state index in [-0.39, 0.29) is 48.4 Å². The minimum Gasteiger partial charge on any atom is -0.508 e. The molecule has 45 heavy (non-hydrogen) atoms. The van der Waals surface area contributed by atoms with Crippen LogP contribution in [0.1, 0.15) is 16.7 Å². The van der Waals surface area contributed by atoms with Crippen molar-refractivity contribution >= 4 is 46.9 Å². The molecule has 2 fully saturated rings. The Morgan fingerprint density at radius 2 is 1.78 bits per heavy atom. The Balaban J connectivity index is 1.59. The molecule has 2 aliphatic heterocycles. The lowest BCUT2D eigenvalue weighted by Gasteiger charge is -2.58. The summed E-state index contributed by atoms with van der Waals surface area (Å²) in [5.74, 6) is -2.69. The highest BCUT2D eigenvalue weighted by atomic mass is 127. The van der Waals surface area contributed by atoms with E-state index >= 15 is 0 Å². The van der Waals surface area contributed by atoms with Gasteiger partial charge in [0.25, 0.3) is 6.47 Å². The number of phenolic OH excluding ortho intramolecular Hbond substituents is 1. The maximum absolute atomic E-state index is 14.9. The smallest absolute Gasteiger partial charge is 0.334 e. The molecule has 0 radical (unpaired) electrons. The Labute approximate surface area is 271 Å². The Hall–Kier alpha value is -4.31. The van der Waals surface area contributed by atoms with E-state index in [0.717, 1.165) is 11.6 Å². The number of piperazine rings is 1. The van der Waals surface area contributed by atoms with Gasteiger partial charge in [0, 0.05) is 31.1 Å². The quantitative estimate of drug-likeness (QED) is 0.142. The van der Waals surface area contributed by atoms with Crippen LogP contribution >= 0.6 is 22.6 Å². The molecule has 0 saturated carbocycles. The third kappa shape index (κ3) is 7.01. The number of ether oxygens (including phenoxy) is 1. The molecular formula is C31H30F2IN5O6. The molecule has 3 atom stereocenters. The summed E-state index contributed by atoms with van der Waals surface area (Å²) in [4.78, 5) is 56.1. The maximum Gasteiger partial charge on any atom is 0.334 e. The van der Waals surface area contributed by atoms with E-state index in [4.69, 9.17) is 4.74 Å². The van der Waals surface area contributed by atoms with Crippen molar-refractivity contribution in [2.45, 2.75) is 37.8 Å². The number of alkyl halides is 1. The number of rotatable bonds is 10. The lowest BCUT2D eigenvalue weighted by Crippen LogP contribution is -2.80.